The lowest BCUT2D eigenvalue weighted by Crippen LogP contribution is -2.18. The monoisotopic (exact) mass is 222 g/mol. The van der Waals surface area contributed by atoms with E-state index in [1.807, 2.05) is 13.0 Å². The van der Waals surface area contributed by atoms with E-state index in [0.717, 1.165) is 13.1 Å². The highest BCUT2D eigenvalue weighted by Gasteiger charge is 2.03. The number of likely N-dealkylation sites (N-methyl/N-ethyl adjacent to an activating group) is 1. The summed E-state index contributed by atoms with van der Waals surface area (Å²) in [4.78, 5) is 0. The van der Waals surface area contributed by atoms with Crippen molar-refractivity contribution in [2.75, 3.05) is 19.7 Å². The van der Waals surface area contributed by atoms with Gasteiger partial charge < -0.3 is 10.1 Å². The van der Waals surface area contributed by atoms with E-state index in [-0.39, 0.29) is 12.4 Å². The molecule has 0 aliphatic heterocycles. The van der Waals surface area contributed by atoms with Crippen molar-refractivity contribution in [2.24, 2.45) is 0 Å². The molecule has 0 aromatic heterocycles. The molecule has 0 atom stereocenters. The smallest absolute Gasteiger partial charge is 0.123 e. The zero-order valence-electron chi connectivity index (χ0n) is 9.29. The molecule has 0 fully saturated rings. The molecular formula is C12H15FN2O. The van der Waals surface area contributed by atoms with Crippen LogP contribution in [0.15, 0.2) is 18.2 Å². The van der Waals surface area contributed by atoms with Crippen LogP contribution in [0.1, 0.15) is 18.1 Å². The number of benzene rings is 1. The quantitative estimate of drug-likeness (QED) is 0.747. The largest absolute Gasteiger partial charge is 0.375 e. The average molecular weight is 222 g/mol. The summed E-state index contributed by atoms with van der Waals surface area (Å²) in [5.41, 5.74) is 1.06. The van der Waals surface area contributed by atoms with Crippen LogP contribution in [0.4, 0.5) is 4.39 Å². The Hall–Kier alpha value is -1.44. The van der Waals surface area contributed by atoms with Crippen LogP contribution < -0.4 is 5.32 Å². The van der Waals surface area contributed by atoms with Gasteiger partial charge in [0.25, 0.3) is 0 Å². The first-order chi connectivity index (χ1) is 7.77. The Kier molecular flexibility index (Phi) is 5.48. The molecule has 16 heavy (non-hydrogen) atoms. The molecule has 1 aromatic carbocycles. The Labute approximate surface area is 94.8 Å². The van der Waals surface area contributed by atoms with E-state index in [2.05, 4.69) is 5.32 Å². The number of hydrogen-bond donors (Lipinski definition) is 1. The lowest BCUT2D eigenvalue weighted by molar-refractivity contribution is 0.122. The Balaban J connectivity index is 2.46. The van der Waals surface area contributed by atoms with Crippen LogP contribution in [0.25, 0.3) is 0 Å². The van der Waals surface area contributed by atoms with E-state index < -0.39 is 0 Å². The molecule has 0 bridgehead atoms. The Morgan fingerprint density at radius 2 is 2.31 bits per heavy atom. The summed E-state index contributed by atoms with van der Waals surface area (Å²) in [6.45, 7) is 4.49. The molecule has 86 valence electrons. The molecule has 1 rings (SSSR count). The fraction of sp³-hybridized carbons (Fsp3) is 0.417. The van der Waals surface area contributed by atoms with Crippen LogP contribution >= 0.6 is 0 Å². The second-order valence-electron chi connectivity index (χ2n) is 3.32. The second kappa shape index (κ2) is 6.94. The minimum absolute atomic E-state index is 0.270. The molecule has 0 saturated heterocycles. The number of nitriles is 1. The fourth-order valence-electron chi connectivity index (χ4n) is 1.29. The highest BCUT2D eigenvalue weighted by molar-refractivity contribution is 5.37. The maximum absolute atomic E-state index is 12.9. The molecule has 4 heteroatoms. The van der Waals surface area contributed by atoms with Gasteiger partial charge in [-0.3, -0.25) is 0 Å². The highest BCUT2D eigenvalue weighted by atomic mass is 19.1. The maximum Gasteiger partial charge on any atom is 0.123 e. The molecule has 0 radical (unpaired) electrons. The van der Waals surface area contributed by atoms with Gasteiger partial charge in [-0.15, -0.1) is 0 Å². The van der Waals surface area contributed by atoms with E-state index in [0.29, 0.717) is 17.7 Å². The van der Waals surface area contributed by atoms with Crippen molar-refractivity contribution in [3.8, 4) is 6.07 Å². The third-order valence-electron chi connectivity index (χ3n) is 2.12. The second-order valence-corrected chi connectivity index (χ2v) is 3.32. The van der Waals surface area contributed by atoms with Gasteiger partial charge in [0.2, 0.25) is 0 Å². The van der Waals surface area contributed by atoms with Crippen molar-refractivity contribution in [2.45, 2.75) is 13.5 Å². The molecule has 0 unspecified atom stereocenters. The van der Waals surface area contributed by atoms with Gasteiger partial charge >= 0.3 is 0 Å². The highest BCUT2D eigenvalue weighted by Crippen LogP contribution is 2.11. The van der Waals surface area contributed by atoms with Gasteiger partial charge in [0.05, 0.1) is 24.8 Å². The first-order valence-corrected chi connectivity index (χ1v) is 5.25. The molecule has 0 saturated carbocycles. The standard InChI is InChI=1S/C12H15FN2O/c1-2-15-5-6-16-9-11-7-12(13)4-3-10(11)8-14/h3-4,7,15H,2,5-6,9H2,1H3. The van der Waals surface area contributed by atoms with Crippen LogP contribution in [0.2, 0.25) is 0 Å². The van der Waals surface area contributed by atoms with Gasteiger partial charge in [-0.25, -0.2) is 4.39 Å². The zero-order valence-corrected chi connectivity index (χ0v) is 9.29. The molecule has 1 aromatic rings. The van der Waals surface area contributed by atoms with Crippen molar-refractivity contribution < 1.29 is 9.13 Å². The lowest BCUT2D eigenvalue weighted by Gasteiger charge is -2.06. The predicted molar refractivity (Wildman–Crippen MR) is 59.3 cm³/mol. The summed E-state index contributed by atoms with van der Waals surface area (Å²) < 4.78 is 18.3. The van der Waals surface area contributed by atoms with Crippen molar-refractivity contribution >= 4 is 0 Å². The summed E-state index contributed by atoms with van der Waals surface area (Å²) in [5, 5.41) is 11.9. The Morgan fingerprint density at radius 1 is 1.50 bits per heavy atom. The van der Waals surface area contributed by atoms with Crippen LogP contribution in [0.5, 0.6) is 0 Å². The summed E-state index contributed by atoms with van der Waals surface area (Å²) >= 11 is 0. The normalized spacial score (nSPS) is 10.1. The minimum atomic E-state index is -0.343. The third-order valence-corrected chi connectivity index (χ3v) is 2.12. The number of hydrogen-bond acceptors (Lipinski definition) is 3. The van der Waals surface area contributed by atoms with E-state index in [1.54, 1.807) is 0 Å². The molecular weight excluding hydrogens is 207 g/mol. The maximum atomic E-state index is 12.9. The number of rotatable bonds is 6. The van der Waals surface area contributed by atoms with Gasteiger partial charge in [-0.1, -0.05) is 6.92 Å². The van der Waals surface area contributed by atoms with Gasteiger partial charge in [0, 0.05) is 6.54 Å². The van der Waals surface area contributed by atoms with E-state index >= 15 is 0 Å². The summed E-state index contributed by atoms with van der Waals surface area (Å²) in [5.74, 6) is -0.343. The summed E-state index contributed by atoms with van der Waals surface area (Å²) in [6, 6.07) is 6.10. The van der Waals surface area contributed by atoms with E-state index in [9.17, 15) is 4.39 Å². The van der Waals surface area contributed by atoms with Crippen LogP contribution in [0.3, 0.4) is 0 Å². The number of nitrogens with zero attached hydrogens (tertiary/aromatic N) is 1. The number of halogens is 1. The number of ether oxygens (including phenoxy) is 1. The SMILES string of the molecule is CCNCCOCc1cc(F)ccc1C#N. The van der Waals surface area contributed by atoms with Crippen molar-refractivity contribution in [1.29, 1.82) is 5.26 Å². The number of nitrogens with one attached hydrogen (secondary N) is 1. The van der Waals surface area contributed by atoms with Crippen molar-refractivity contribution in [1.82, 2.24) is 5.32 Å². The van der Waals surface area contributed by atoms with Gasteiger partial charge in [0.1, 0.15) is 5.82 Å². The van der Waals surface area contributed by atoms with Crippen molar-refractivity contribution in [3.63, 3.8) is 0 Å². The first-order valence-electron chi connectivity index (χ1n) is 5.25. The van der Waals surface area contributed by atoms with Gasteiger partial charge in [0.15, 0.2) is 0 Å². The average Bonchev–Trinajstić information content (AvgIpc) is 2.29. The van der Waals surface area contributed by atoms with Crippen molar-refractivity contribution in [3.05, 3.63) is 35.1 Å². The molecule has 1 N–H and O–H groups in total. The van der Waals surface area contributed by atoms with Crippen LogP contribution in [-0.2, 0) is 11.3 Å². The molecule has 3 nitrogen and oxygen atoms in total. The Morgan fingerprint density at radius 3 is 3.00 bits per heavy atom. The summed E-state index contributed by atoms with van der Waals surface area (Å²) in [7, 11) is 0. The minimum Gasteiger partial charge on any atom is -0.375 e. The summed E-state index contributed by atoms with van der Waals surface area (Å²) in [6.07, 6.45) is 0. The van der Waals surface area contributed by atoms with Gasteiger partial charge in [-0.2, -0.15) is 5.26 Å². The Bertz CT molecular complexity index is 374. The molecule has 0 amide bonds. The predicted octanol–water partition coefficient (Wildman–Crippen LogP) is 1.82. The van der Waals surface area contributed by atoms with Gasteiger partial charge in [-0.05, 0) is 30.3 Å². The molecule has 0 aliphatic rings. The third kappa shape index (κ3) is 3.97. The van der Waals surface area contributed by atoms with Crippen LogP contribution in [-0.4, -0.2) is 19.7 Å². The molecule has 0 heterocycles. The van der Waals surface area contributed by atoms with E-state index in [4.69, 9.17) is 10.00 Å². The molecule has 0 aliphatic carbocycles. The lowest BCUT2D eigenvalue weighted by atomic mass is 10.1. The van der Waals surface area contributed by atoms with E-state index in [1.165, 1.54) is 18.2 Å². The zero-order chi connectivity index (χ0) is 11.8. The topological polar surface area (TPSA) is 45.0 Å². The fourth-order valence-corrected chi connectivity index (χ4v) is 1.29. The van der Waals surface area contributed by atoms with Crippen LogP contribution in [0, 0.1) is 17.1 Å². The molecule has 0 spiro atoms. The first kappa shape index (κ1) is 12.6.